The molecule has 1 unspecified atom stereocenters. The van der Waals surface area contributed by atoms with E-state index in [1.807, 2.05) is 0 Å². The minimum Gasteiger partial charge on any atom is -0.379 e. The van der Waals surface area contributed by atoms with E-state index in [4.69, 9.17) is 4.74 Å². The van der Waals surface area contributed by atoms with Crippen LogP contribution in [0.2, 0.25) is 0 Å². The Morgan fingerprint density at radius 3 is 2.80 bits per heavy atom. The summed E-state index contributed by atoms with van der Waals surface area (Å²) >= 11 is 0. The summed E-state index contributed by atoms with van der Waals surface area (Å²) in [5.41, 5.74) is 1.28. The molecule has 3 rings (SSSR count). The van der Waals surface area contributed by atoms with Crippen LogP contribution in [0.3, 0.4) is 0 Å². The van der Waals surface area contributed by atoms with E-state index in [1.165, 1.54) is 12.1 Å². The second-order valence-electron chi connectivity index (χ2n) is 5.36. The van der Waals surface area contributed by atoms with Crippen molar-refractivity contribution in [3.05, 3.63) is 29.6 Å². The predicted octanol–water partition coefficient (Wildman–Crippen LogP) is 1.55. The lowest BCUT2D eigenvalue weighted by atomic mass is 10.1. The summed E-state index contributed by atoms with van der Waals surface area (Å²) in [5.74, 6) is -0.361. The normalized spacial score (nSPS) is 24.1. The van der Waals surface area contributed by atoms with Crippen molar-refractivity contribution in [2.24, 2.45) is 0 Å². The summed E-state index contributed by atoms with van der Waals surface area (Å²) in [5, 5.41) is 0. The maximum atomic E-state index is 13.2. The smallest absolute Gasteiger partial charge is 0.152 e. The van der Waals surface area contributed by atoms with Gasteiger partial charge in [0.25, 0.3) is 0 Å². The minimum atomic E-state index is -0.361. The van der Waals surface area contributed by atoms with Gasteiger partial charge in [0.1, 0.15) is 5.82 Å². The Kier molecular flexibility index (Phi) is 3.98. The third-order valence-corrected chi connectivity index (χ3v) is 4.18. The number of ether oxygens (including phenoxy) is 1. The zero-order chi connectivity index (χ0) is 13.9. The number of halogens is 1. The molecule has 0 bridgehead atoms. The van der Waals surface area contributed by atoms with Gasteiger partial charge in [-0.2, -0.15) is 0 Å². The highest BCUT2D eigenvalue weighted by atomic mass is 19.1. The zero-order valence-electron chi connectivity index (χ0n) is 11.4. The minimum absolute atomic E-state index is 0.361. The Bertz CT molecular complexity index is 489. The van der Waals surface area contributed by atoms with Crippen molar-refractivity contribution in [2.75, 3.05) is 44.3 Å². The maximum absolute atomic E-state index is 13.2. The summed E-state index contributed by atoms with van der Waals surface area (Å²) < 4.78 is 18.6. The van der Waals surface area contributed by atoms with Crippen LogP contribution in [0.1, 0.15) is 16.8 Å². The SMILES string of the molecule is O=Cc1cc(F)ccc1N1CCC(N2CCOCC2)C1. The van der Waals surface area contributed by atoms with Crippen LogP contribution >= 0.6 is 0 Å². The predicted molar refractivity (Wildman–Crippen MR) is 74.8 cm³/mol. The molecule has 0 aliphatic carbocycles. The third-order valence-electron chi connectivity index (χ3n) is 4.18. The number of anilines is 1. The van der Waals surface area contributed by atoms with Crippen molar-refractivity contribution in [1.29, 1.82) is 0 Å². The quantitative estimate of drug-likeness (QED) is 0.785. The van der Waals surface area contributed by atoms with Crippen LogP contribution in [-0.4, -0.2) is 56.6 Å². The van der Waals surface area contributed by atoms with Gasteiger partial charge >= 0.3 is 0 Å². The average molecular weight is 278 g/mol. The Balaban J connectivity index is 1.71. The van der Waals surface area contributed by atoms with Gasteiger partial charge in [-0.05, 0) is 24.6 Å². The number of rotatable bonds is 3. The second kappa shape index (κ2) is 5.89. The van der Waals surface area contributed by atoms with Crippen LogP contribution in [0.25, 0.3) is 0 Å². The van der Waals surface area contributed by atoms with Crippen molar-refractivity contribution in [1.82, 2.24) is 4.90 Å². The van der Waals surface area contributed by atoms with E-state index >= 15 is 0 Å². The van der Waals surface area contributed by atoms with E-state index in [1.54, 1.807) is 6.07 Å². The van der Waals surface area contributed by atoms with E-state index in [0.717, 1.165) is 57.8 Å². The highest BCUT2D eigenvalue weighted by Crippen LogP contribution is 2.26. The average Bonchev–Trinajstić information content (AvgIpc) is 2.97. The number of benzene rings is 1. The van der Waals surface area contributed by atoms with E-state index in [0.29, 0.717) is 11.6 Å². The molecule has 0 amide bonds. The molecule has 0 saturated carbocycles. The molecule has 1 aromatic carbocycles. The lowest BCUT2D eigenvalue weighted by Gasteiger charge is -2.32. The molecule has 1 atom stereocenters. The Morgan fingerprint density at radius 1 is 1.25 bits per heavy atom. The fourth-order valence-corrected chi connectivity index (χ4v) is 3.11. The van der Waals surface area contributed by atoms with Gasteiger partial charge in [0.15, 0.2) is 6.29 Å². The molecule has 2 heterocycles. The number of carbonyl (C=O) groups is 1. The highest BCUT2D eigenvalue weighted by Gasteiger charge is 2.29. The van der Waals surface area contributed by atoms with Crippen LogP contribution in [0, 0.1) is 5.82 Å². The lowest BCUT2D eigenvalue weighted by Crippen LogP contribution is -2.44. The van der Waals surface area contributed by atoms with Gasteiger partial charge < -0.3 is 9.64 Å². The van der Waals surface area contributed by atoms with Crippen molar-refractivity contribution in [3.8, 4) is 0 Å². The van der Waals surface area contributed by atoms with Crippen molar-refractivity contribution in [3.63, 3.8) is 0 Å². The molecular formula is C15H19FN2O2. The number of morpholine rings is 1. The summed E-state index contributed by atoms with van der Waals surface area (Å²) in [4.78, 5) is 15.7. The molecule has 1 aromatic rings. The third kappa shape index (κ3) is 2.69. The summed E-state index contributed by atoms with van der Waals surface area (Å²) in [6, 6.07) is 4.94. The molecule has 0 aromatic heterocycles. The number of hydrogen-bond acceptors (Lipinski definition) is 4. The summed E-state index contributed by atoms with van der Waals surface area (Å²) in [6.45, 7) is 5.35. The molecule has 0 spiro atoms. The first-order valence-corrected chi connectivity index (χ1v) is 7.09. The largest absolute Gasteiger partial charge is 0.379 e. The molecule has 0 N–H and O–H groups in total. The van der Waals surface area contributed by atoms with Gasteiger partial charge in [0.05, 0.1) is 13.2 Å². The summed E-state index contributed by atoms with van der Waals surface area (Å²) in [6.07, 6.45) is 1.82. The van der Waals surface area contributed by atoms with Gasteiger partial charge in [-0.15, -0.1) is 0 Å². The first-order valence-electron chi connectivity index (χ1n) is 7.09. The van der Waals surface area contributed by atoms with Gasteiger partial charge in [0, 0.05) is 43.5 Å². The molecule has 0 radical (unpaired) electrons. The number of nitrogens with zero attached hydrogens (tertiary/aromatic N) is 2. The monoisotopic (exact) mass is 278 g/mol. The molecule has 5 heteroatoms. The zero-order valence-corrected chi connectivity index (χ0v) is 11.4. The molecule has 20 heavy (non-hydrogen) atoms. The first-order chi connectivity index (χ1) is 9.78. The van der Waals surface area contributed by atoms with Gasteiger partial charge in [-0.1, -0.05) is 0 Å². The molecule has 2 saturated heterocycles. The second-order valence-corrected chi connectivity index (χ2v) is 5.36. The molecule has 2 fully saturated rings. The van der Waals surface area contributed by atoms with Crippen LogP contribution < -0.4 is 4.90 Å². The maximum Gasteiger partial charge on any atom is 0.152 e. The van der Waals surface area contributed by atoms with E-state index in [2.05, 4.69) is 9.80 Å². The Morgan fingerprint density at radius 2 is 2.05 bits per heavy atom. The van der Waals surface area contributed by atoms with Gasteiger partial charge in [-0.3, -0.25) is 9.69 Å². The van der Waals surface area contributed by atoms with Crippen molar-refractivity contribution < 1.29 is 13.9 Å². The standard InChI is InChI=1S/C15H19FN2O2/c16-13-1-2-15(12(9-13)11-19)18-4-3-14(10-18)17-5-7-20-8-6-17/h1-2,9,11,14H,3-8,10H2. The van der Waals surface area contributed by atoms with E-state index in [-0.39, 0.29) is 5.82 Å². The molecule has 2 aliphatic heterocycles. The highest BCUT2D eigenvalue weighted by molar-refractivity contribution is 5.84. The number of carbonyl (C=O) groups excluding carboxylic acids is 1. The van der Waals surface area contributed by atoms with E-state index in [9.17, 15) is 9.18 Å². The van der Waals surface area contributed by atoms with Crippen LogP contribution in [0.15, 0.2) is 18.2 Å². The van der Waals surface area contributed by atoms with Crippen LogP contribution in [0.4, 0.5) is 10.1 Å². The fraction of sp³-hybridized carbons (Fsp3) is 0.533. The lowest BCUT2D eigenvalue weighted by molar-refractivity contribution is 0.0209. The van der Waals surface area contributed by atoms with Crippen LogP contribution in [0.5, 0.6) is 0 Å². The topological polar surface area (TPSA) is 32.8 Å². The molecule has 108 valence electrons. The first kappa shape index (κ1) is 13.5. The fourth-order valence-electron chi connectivity index (χ4n) is 3.11. The summed E-state index contributed by atoms with van der Waals surface area (Å²) in [7, 11) is 0. The Labute approximate surface area is 118 Å². The number of aldehydes is 1. The van der Waals surface area contributed by atoms with Crippen molar-refractivity contribution in [2.45, 2.75) is 12.5 Å². The molecular weight excluding hydrogens is 259 g/mol. The molecule has 4 nitrogen and oxygen atoms in total. The Hall–Kier alpha value is -1.46. The van der Waals surface area contributed by atoms with E-state index < -0.39 is 0 Å². The van der Waals surface area contributed by atoms with Crippen LogP contribution in [-0.2, 0) is 4.74 Å². The number of hydrogen-bond donors (Lipinski definition) is 0. The van der Waals surface area contributed by atoms with Gasteiger partial charge in [0.2, 0.25) is 0 Å². The van der Waals surface area contributed by atoms with Gasteiger partial charge in [-0.25, -0.2) is 4.39 Å². The molecule has 2 aliphatic rings. The van der Waals surface area contributed by atoms with Crippen molar-refractivity contribution >= 4 is 12.0 Å².